The maximum absolute atomic E-state index is 12.7. The second-order valence-corrected chi connectivity index (χ2v) is 7.05. The number of nitrogens with one attached hydrogen (secondary N) is 2. The van der Waals surface area contributed by atoms with E-state index in [1.165, 1.54) is 11.1 Å². The molecule has 0 fully saturated rings. The summed E-state index contributed by atoms with van der Waals surface area (Å²) in [6.45, 7) is 8.00. The summed E-state index contributed by atoms with van der Waals surface area (Å²) in [4.78, 5) is 12.7. The van der Waals surface area contributed by atoms with Crippen LogP contribution in [0.25, 0.3) is 11.1 Å². The monoisotopic (exact) mass is 376 g/mol. The maximum Gasteiger partial charge on any atom is 0.255 e. The highest BCUT2D eigenvalue weighted by Crippen LogP contribution is 2.29. The van der Waals surface area contributed by atoms with Gasteiger partial charge in [0.15, 0.2) is 0 Å². The van der Waals surface area contributed by atoms with Crippen molar-refractivity contribution in [3.8, 4) is 5.75 Å². The molecule has 2 N–H and O–H groups in total. The molecular formula is C24H28N2O2. The molecule has 4 nitrogen and oxygen atoms in total. The fourth-order valence-corrected chi connectivity index (χ4v) is 3.49. The van der Waals surface area contributed by atoms with Crippen molar-refractivity contribution in [3.63, 3.8) is 0 Å². The smallest absolute Gasteiger partial charge is 0.255 e. The molecule has 0 aromatic heterocycles. The van der Waals surface area contributed by atoms with Crippen LogP contribution in [0, 0.1) is 6.92 Å². The molecule has 2 aromatic rings. The minimum absolute atomic E-state index is 0.119. The lowest BCUT2D eigenvalue weighted by Gasteiger charge is -2.17. The van der Waals surface area contributed by atoms with Gasteiger partial charge in [0.05, 0.1) is 7.11 Å². The van der Waals surface area contributed by atoms with Crippen LogP contribution in [-0.4, -0.2) is 26.1 Å². The van der Waals surface area contributed by atoms with Gasteiger partial charge in [-0.1, -0.05) is 18.2 Å². The summed E-state index contributed by atoms with van der Waals surface area (Å²) in [5, 5.41) is 6.31. The third-order valence-corrected chi connectivity index (χ3v) is 5.22. The predicted octanol–water partition coefficient (Wildman–Crippen LogP) is 5.06. The number of anilines is 1. The molecule has 0 atom stereocenters. The largest absolute Gasteiger partial charge is 0.496 e. The van der Waals surface area contributed by atoms with Gasteiger partial charge in [-0.3, -0.25) is 4.79 Å². The average Bonchev–Trinajstić information content (AvgIpc) is 2.73. The molecule has 3 rings (SSSR count). The number of methoxy groups -OCH3 is 1. The van der Waals surface area contributed by atoms with Crippen molar-refractivity contribution in [3.05, 3.63) is 70.8 Å². The van der Waals surface area contributed by atoms with Crippen LogP contribution in [-0.2, 0) is 0 Å². The first-order chi connectivity index (χ1) is 13.5. The molecule has 0 spiro atoms. The van der Waals surface area contributed by atoms with Gasteiger partial charge in [-0.05, 0) is 80.3 Å². The Labute approximate surface area is 167 Å². The first-order valence-corrected chi connectivity index (χ1v) is 9.67. The van der Waals surface area contributed by atoms with Gasteiger partial charge in [-0.25, -0.2) is 0 Å². The topological polar surface area (TPSA) is 50.4 Å². The number of benzene rings is 2. The zero-order chi connectivity index (χ0) is 20.1. The minimum atomic E-state index is -0.119. The second-order valence-electron chi connectivity index (χ2n) is 7.05. The molecule has 1 aliphatic rings. The van der Waals surface area contributed by atoms with E-state index >= 15 is 0 Å². The van der Waals surface area contributed by atoms with Gasteiger partial charge in [-0.2, -0.15) is 0 Å². The molecule has 2 aromatic carbocycles. The lowest BCUT2D eigenvalue weighted by molar-refractivity contribution is 0.102. The van der Waals surface area contributed by atoms with E-state index in [9.17, 15) is 4.79 Å². The van der Waals surface area contributed by atoms with Crippen LogP contribution in [0.1, 0.15) is 47.3 Å². The summed E-state index contributed by atoms with van der Waals surface area (Å²) in [7, 11) is 1.64. The molecule has 0 bridgehead atoms. The molecule has 1 amide bonds. The highest BCUT2D eigenvalue weighted by atomic mass is 16.5. The Morgan fingerprint density at radius 1 is 1.21 bits per heavy atom. The minimum Gasteiger partial charge on any atom is -0.496 e. The van der Waals surface area contributed by atoms with E-state index in [0.29, 0.717) is 5.56 Å². The van der Waals surface area contributed by atoms with Crippen molar-refractivity contribution in [1.29, 1.82) is 0 Å². The molecule has 0 radical (unpaired) electrons. The van der Waals surface area contributed by atoms with E-state index in [1.54, 1.807) is 7.11 Å². The highest BCUT2D eigenvalue weighted by molar-refractivity contribution is 6.04. The van der Waals surface area contributed by atoms with Crippen molar-refractivity contribution in [1.82, 2.24) is 5.32 Å². The predicted molar refractivity (Wildman–Crippen MR) is 117 cm³/mol. The third kappa shape index (κ3) is 4.34. The third-order valence-electron chi connectivity index (χ3n) is 5.22. The van der Waals surface area contributed by atoms with E-state index in [1.807, 2.05) is 50.3 Å². The van der Waals surface area contributed by atoms with E-state index in [2.05, 4.69) is 29.7 Å². The first-order valence-electron chi connectivity index (χ1n) is 9.67. The van der Waals surface area contributed by atoms with Crippen molar-refractivity contribution in [2.24, 2.45) is 0 Å². The molecule has 1 aliphatic heterocycles. The Morgan fingerprint density at radius 3 is 2.68 bits per heavy atom. The molecule has 0 unspecified atom stereocenters. The Bertz CT molecular complexity index is 942. The van der Waals surface area contributed by atoms with Gasteiger partial charge in [0.2, 0.25) is 0 Å². The Kier molecular flexibility index (Phi) is 6.32. The molecule has 0 saturated carbocycles. The molecule has 146 valence electrons. The summed E-state index contributed by atoms with van der Waals surface area (Å²) in [6, 6.07) is 11.7. The number of aryl methyl sites for hydroxylation is 1. The summed E-state index contributed by atoms with van der Waals surface area (Å²) in [5.74, 6) is 0.629. The van der Waals surface area contributed by atoms with Crippen LogP contribution in [0.15, 0.2) is 48.6 Å². The lowest BCUT2D eigenvalue weighted by Crippen LogP contribution is -2.20. The number of ether oxygens (including phenoxy) is 1. The molecular weight excluding hydrogens is 348 g/mol. The molecule has 4 heteroatoms. The summed E-state index contributed by atoms with van der Waals surface area (Å²) in [5.41, 5.74) is 7.23. The molecule has 28 heavy (non-hydrogen) atoms. The fraction of sp³-hybridized carbons (Fsp3) is 0.292. The molecule has 0 saturated heterocycles. The van der Waals surface area contributed by atoms with Crippen LogP contribution in [0.3, 0.4) is 0 Å². The second kappa shape index (κ2) is 8.89. The summed E-state index contributed by atoms with van der Waals surface area (Å²) >= 11 is 0. The van der Waals surface area contributed by atoms with Crippen molar-refractivity contribution in [2.45, 2.75) is 27.2 Å². The van der Waals surface area contributed by atoms with E-state index in [-0.39, 0.29) is 5.91 Å². The zero-order valence-corrected chi connectivity index (χ0v) is 17.1. The van der Waals surface area contributed by atoms with E-state index < -0.39 is 0 Å². The van der Waals surface area contributed by atoms with Crippen LogP contribution in [0.4, 0.5) is 5.69 Å². The van der Waals surface area contributed by atoms with Gasteiger partial charge in [0, 0.05) is 29.4 Å². The van der Waals surface area contributed by atoms with E-state index in [0.717, 1.165) is 47.6 Å². The number of carbonyl (C=O) groups excluding carboxylic acids is 1. The van der Waals surface area contributed by atoms with Gasteiger partial charge >= 0.3 is 0 Å². The number of carbonyl (C=O) groups is 1. The number of rotatable bonds is 5. The van der Waals surface area contributed by atoms with Crippen LogP contribution in [0.2, 0.25) is 0 Å². The standard InChI is InChI=1S/C24H28N2O2/c1-5-16(2)22-9-7-20(15-23(22)28-4)26-24(27)19-6-8-21(17(3)14-19)18-10-12-25-13-11-18/h5-10,14-15,25H,11-13H2,1-4H3,(H,26,27)/b16-5+. The Morgan fingerprint density at radius 2 is 2.04 bits per heavy atom. The van der Waals surface area contributed by atoms with Gasteiger partial charge in [0.25, 0.3) is 5.91 Å². The van der Waals surface area contributed by atoms with Crippen LogP contribution in [0.5, 0.6) is 5.75 Å². The van der Waals surface area contributed by atoms with Gasteiger partial charge in [0.1, 0.15) is 5.75 Å². The van der Waals surface area contributed by atoms with E-state index in [4.69, 9.17) is 4.74 Å². The first kappa shape index (κ1) is 19.9. The van der Waals surface area contributed by atoms with Crippen LogP contribution >= 0.6 is 0 Å². The number of amides is 1. The molecule has 1 heterocycles. The molecule has 0 aliphatic carbocycles. The number of allylic oxidation sites excluding steroid dienone is 2. The quantitative estimate of drug-likeness (QED) is 0.767. The van der Waals surface area contributed by atoms with Gasteiger partial charge in [-0.15, -0.1) is 0 Å². The van der Waals surface area contributed by atoms with Crippen LogP contribution < -0.4 is 15.4 Å². The fourth-order valence-electron chi connectivity index (χ4n) is 3.49. The normalized spacial score (nSPS) is 14.4. The van der Waals surface area contributed by atoms with Gasteiger partial charge < -0.3 is 15.4 Å². The Hall–Kier alpha value is -2.85. The van der Waals surface area contributed by atoms with Crippen molar-refractivity contribution < 1.29 is 9.53 Å². The Balaban J connectivity index is 1.79. The SMILES string of the molecule is C/C=C(\C)c1ccc(NC(=O)c2ccc(C3=CCNCC3)c(C)c2)cc1OC. The summed E-state index contributed by atoms with van der Waals surface area (Å²) in [6.07, 6.45) is 5.29. The van der Waals surface area contributed by atoms with Crippen molar-refractivity contribution in [2.75, 3.05) is 25.5 Å². The number of hydrogen-bond acceptors (Lipinski definition) is 3. The van der Waals surface area contributed by atoms with Crippen molar-refractivity contribution >= 4 is 22.7 Å². The number of hydrogen-bond donors (Lipinski definition) is 2. The average molecular weight is 377 g/mol. The maximum atomic E-state index is 12.7. The highest BCUT2D eigenvalue weighted by Gasteiger charge is 2.13. The zero-order valence-electron chi connectivity index (χ0n) is 17.1. The summed E-state index contributed by atoms with van der Waals surface area (Å²) < 4.78 is 5.49. The lowest BCUT2D eigenvalue weighted by atomic mass is 9.94.